The highest BCUT2D eigenvalue weighted by molar-refractivity contribution is 5.87. The van der Waals surface area contributed by atoms with Gasteiger partial charge in [0.2, 0.25) is 5.91 Å². The molecule has 0 fully saturated rings. The summed E-state index contributed by atoms with van der Waals surface area (Å²) in [6, 6.07) is 2.79. The molecule has 3 N–H and O–H groups in total. The summed E-state index contributed by atoms with van der Waals surface area (Å²) >= 11 is 0. The molecule has 1 aromatic rings. The van der Waals surface area contributed by atoms with E-state index in [1.165, 1.54) is 0 Å². The van der Waals surface area contributed by atoms with Gasteiger partial charge in [-0.05, 0) is 52.7 Å². The van der Waals surface area contributed by atoms with Gasteiger partial charge in [0.15, 0.2) is 0 Å². The number of benzene rings is 1. The predicted octanol–water partition coefficient (Wildman–Crippen LogP) is 2.34. The highest BCUT2D eigenvalue weighted by atomic mass is 16.5. The maximum absolute atomic E-state index is 12.2. The van der Waals surface area contributed by atoms with Crippen LogP contribution in [-0.2, 0) is 4.79 Å². The number of rotatable bonds is 3. The number of hydrogen-bond acceptors (Lipinski definition) is 3. The van der Waals surface area contributed by atoms with Gasteiger partial charge in [0, 0.05) is 11.1 Å². The number of nitrogens with one attached hydrogen (secondary N) is 3. The fourth-order valence-corrected chi connectivity index (χ4v) is 2.59. The molecule has 0 spiro atoms. The van der Waals surface area contributed by atoms with Gasteiger partial charge in [-0.2, -0.15) is 0 Å². The molecule has 2 unspecified atom stereocenters. The van der Waals surface area contributed by atoms with Crippen LogP contribution >= 0.6 is 0 Å². The van der Waals surface area contributed by atoms with Gasteiger partial charge < -0.3 is 20.7 Å². The lowest BCUT2D eigenvalue weighted by atomic mass is 10.0. The number of aryl methyl sites for hydroxylation is 1. The molecule has 0 radical (unpaired) electrons. The van der Waals surface area contributed by atoms with Crippen molar-refractivity contribution >= 4 is 11.9 Å². The van der Waals surface area contributed by atoms with Crippen LogP contribution in [0.4, 0.5) is 4.79 Å². The molecule has 0 saturated heterocycles. The normalized spacial score (nSPS) is 17.5. The lowest BCUT2D eigenvalue weighted by molar-refractivity contribution is -0.123. The Morgan fingerprint density at radius 3 is 2.54 bits per heavy atom. The van der Waals surface area contributed by atoms with Crippen LogP contribution < -0.4 is 20.7 Å². The van der Waals surface area contributed by atoms with Crippen molar-refractivity contribution in [2.45, 2.75) is 59.2 Å². The minimum Gasteiger partial charge on any atom is -0.490 e. The van der Waals surface area contributed by atoms with Crippen LogP contribution in [0.15, 0.2) is 12.1 Å². The minimum atomic E-state index is -0.620. The number of amides is 3. The Balaban J connectivity index is 1.95. The van der Waals surface area contributed by atoms with E-state index in [-0.39, 0.29) is 23.5 Å². The first kappa shape index (κ1) is 18.1. The topological polar surface area (TPSA) is 79.5 Å². The molecular weight excluding hydrogens is 306 g/mol. The van der Waals surface area contributed by atoms with Gasteiger partial charge in [0.1, 0.15) is 18.4 Å². The average Bonchev–Trinajstić information content (AvgIpc) is 2.84. The van der Waals surface area contributed by atoms with E-state index in [1.807, 2.05) is 46.8 Å². The molecule has 0 saturated carbocycles. The third-order valence-electron chi connectivity index (χ3n) is 4.02. The Morgan fingerprint density at radius 1 is 1.25 bits per heavy atom. The van der Waals surface area contributed by atoms with E-state index < -0.39 is 6.04 Å². The summed E-state index contributed by atoms with van der Waals surface area (Å²) in [4.78, 5) is 24.2. The summed E-state index contributed by atoms with van der Waals surface area (Å²) in [5, 5.41) is 8.38. The third-order valence-corrected chi connectivity index (χ3v) is 4.02. The zero-order valence-electron chi connectivity index (χ0n) is 15.2. The summed E-state index contributed by atoms with van der Waals surface area (Å²) in [5.74, 6) is 0.631. The van der Waals surface area contributed by atoms with Crippen LogP contribution in [0.1, 0.15) is 50.4 Å². The number of carbonyl (C=O) groups is 2. The number of ether oxygens (including phenoxy) is 1. The number of hydrogen-bond donors (Lipinski definition) is 3. The van der Waals surface area contributed by atoms with Crippen LogP contribution in [0, 0.1) is 13.8 Å². The monoisotopic (exact) mass is 333 g/mol. The van der Waals surface area contributed by atoms with E-state index >= 15 is 0 Å². The van der Waals surface area contributed by atoms with Gasteiger partial charge in [-0.1, -0.05) is 12.1 Å². The second-order valence-electron chi connectivity index (χ2n) is 7.37. The maximum Gasteiger partial charge on any atom is 0.316 e. The molecule has 0 bridgehead atoms. The summed E-state index contributed by atoms with van der Waals surface area (Å²) in [6.45, 7) is 11.8. The molecule has 24 heavy (non-hydrogen) atoms. The largest absolute Gasteiger partial charge is 0.490 e. The molecule has 6 heteroatoms. The minimum absolute atomic E-state index is 0.211. The highest BCUT2D eigenvalue weighted by Gasteiger charge is 2.28. The van der Waals surface area contributed by atoms with Crippen molar-refractivity contribution in [3.63, 3.8) is 0 Å². The van der Waals surface area contributed by atoms with E-state index in [0.29, 0.717) is 6.61 Å². The Bertz CT molecular complexity index is 650. The second-order valence-corrected chi connectivity index (χ2v) is 7.37. The van der Waals surface area contributed by atoms with E-state index in [9.17, 15) is 9.59 Å². The summed E-state index contributed by atoms with van der Waals surface area (Å²) in [6.07, 6.45) is 0. The van der Waals surface area contributed by atoms with Crippen molar-refractivity contribution in [1.82, 2.24) is 16.0 Å². The lowest BCUT2D eigenvalue weighted by Crippen LogP contribution is -2.53. The van der Waals surface area contributed by atoms with Crippen molar-refractivity contribution in [2.24, 2.45) is 0 Å². The fraction of sp³-hybridized carbons (Fsp3) is 0.556. The molecule has 1 aliphatic heterocycles. The number of fused-ring (bicyclic) bond motifs is 1. The summed E-state index contributed by atoms with van der Waals surface area (Å²) < 4.78 is 5.72. The molecule has 1 aliphatic rings. The molecule has 0 aromatic heterocycles. The molecule has 2 atom stereocenters. The van der Waals surface area contributed by atoms with Crippen LogP contribution in [0.25, 0.3) is 0 Å². The van der Waals surface area contributed by atoms with E-state index in [2.05, 4.69) is 16.0 Å². The van der Waals surface area contributed by atoms with Crippen LogP contribution in [0.5, 0.6) is 5.75 Å². The molecule has 1 aromatic carbocycles. The Kier molecular flexibility index (Phi) is 5.06. The molecule has 132 valence electrons. The first-order valence-electron chi connectivity index (χ1n) is 8.20. The van der Waals surface area contributed by atoms with Crippen molar-refractivity contribution in [2.75, 3.05) is 6.61 Å². The third kappa shape index (κ3) is 4.19. The Hall–Kier alpha value is -2.24. The SMILES string of the molecule is Cc1ccc2c(c1C)OCC2NC(=O)NC(C)C(=O)NC(C)(C)C. The maximum atomic E-state index is 12.2. The molecule has 1 heterocycles. The van der Waals surface area contributed by atoms with Crippen molar-refractivity contribution in [3.8, 4) is 5.75 Å². The van der Waals surface area contributed by atoms with Crippen molar-refractivity contribution in [3.05, 3.63) is 28.8 Å². The van der Waals surface area contributed by atoms with Crippen LogP contribution in [0.3, 0.4) is 0 Å². The summed E-state index contributed by atoms with van der Waals surface area (Å²) in [7, 11) is 0. The molecule has 6 nitrogen and oxygen atoms in total. The predicted molar refractivity (Wildman–Crippen MR) is 93.2 cm³/mol. The van der Waals surface area contributed by atoms with Gasteiger partial charge in [-0.15, -0.1) is 0 Å². The standard InChI is InChI=1S/C18H27N3O3/c1-10-7-8-13-14(9-24-15(13)11(10)2)20-17(23)19-12(3)16(22)21-18(4,5)6/h7-8,12,14H,9H2,1-6H3,(H,21,22)(H2,19,20,23). The molecule has 2 rings (SSSR count). The highest BCUT2D eigenvalue weighted by Crippen LogP contribution is 2.36. The lowest BCUT2D eigenvalue weighted by Gasteiger charge is -2.24. The second kappa shape index (κ2) is 6.71. The molecule has 0 aliphatic carbocycles. The van der Waals surface area contributed by atoms with Gasteiger partial charge >= 0.3 is 6.03 Å². The first-order valence-corrected chi connectivity index (χ1v) is 8.20. The van der Waals surface area contributed by atoms with E-state index in [0.717, 1.165) is 22.4 Å². The van der Waals surface area contributed by atoms with Gasteiger partial charge in [-0.25, -0.2) is 4.79 Å². The Morgan fingerprint density at radius 2 is 1.92 bits per heavy atom. The quantitative estimate of drug-likeness (QED) is 0.794. The average molecular weight is 333 g/mol. The zero-order chi connectivity index (χ0) is 18.1. The van der Waals surface area contributed by atoms with E-state index in [1.54, 1.807) is 6.92 Å². The molecular formula is C18H27N3O3. The summed E-state index contributed by atoms with van der Waals surface area (Å²) in [5.41, 5.74) is 2.89. The zero-order valence-corrected chi connectivity index (χ0v) is 15.2. The van der Waals surface area contributed by atoms with Gasteiger partial charge in [0.25, 0.3) is 0 Å². The van der Waals surface area contributed by atoms with Gasteiger partial charge in [0.05, 0.1) is 6.04 Å². The van der Waals surface area contributed by atoms with Crippen molar-refractivity contribution in [1.29, 1.82) is 0 Å². The smallest absolute Gasteiger partial charge is 0.316 e. The first-order chi connectivity index (χ1) is 11.1. The van der Waals surface area contributed by atoms with Crippen LogP contribution in [-0.4, -0.2) is 30.1 Å². The number of carbonyl (C=O) groups excluding carboxylic acids is 2. The fourth-order valence-electron chi connectivity index (χ4n) is 2.59. The van der Waals surface area contributed by atoms with Crippen LogP contribution in [0.2, 0.25) is 0 Å². The number of urea groups is 1. The molecule has 3 amide bonds. The van der Waals surface area contributed by atoms with Crippen molar-refractivity contribution < 1.29 is 14.3 Å². The Labute approximate surface area is 143 Å². The van der Waals surface area contributed by atoms with E-state index in [4.69, 9.17) is 4.74 Å². The van der Waals surface area contributed by atoms with Gasteiger partial charge in [-0.3, -0.25) is 4.79 Å².